The van der Waals surface area contributed by atoms with Crippen molar-refractivity contribution in [3.8, 4) is 11.1 Å². The Kier molecular flexibility index (Phi) is 5.21. The van der Waals surface area contributed by atoms with Gasteiger partial charge in [-0.1, -0.05) is 18.2 Å². The normalized spacial score (nSPS) is 18.6. The fraction of sp³-hybridized carbons (Fsp3) is 0.400. The van der Waals surface area contributed by atoms with Crippen LogP contribution >= 0.6 is 0 Å². The molecule has 2 fully saturated rings. The lowest BCUT2D eigenvalue weighted by Gasteiger charge is -2.40. The second-order valence-electron chi connectivity index (χ2n) is 9.00. The largest absolute Gasteiger partial charge is 0.353 e. The molecule has 2 aromatic carbocycles. The van der Waals surface area contributed by atoms with Gasteiger partial charge in [0.05, 0.1) is 22.9 Å². The third-order valence-corrected chi connectivity index (χ3v) is 6.96. The highest BCUT2D eigenvalue weighted by Crippen LogP contribution is 2.32. The number of nitrogens with one attached hydrogen (secondary N) is 2. The van der Waals surface area contributed by atoms with E-state index in [4.69, 9.17) is 0 Å². The molecule has 1 aromatic heterocycles. The summed E-state index contributed by atoms with van der Waals surface area (Å²) in [7, 11) is 1.99. The lowest BCUT2D eigenvalue weighted by molar-refractivity contribution is -0.130. The smallest absolute Gasteiger partial charge is 0.254 e. The van der Waals surface area contributed by atoms with Crippen LogP contribution in [0.3, 0.4) is 0 Å². The Morgan fingerprint density at radius 1 is 1.06 bits per heavy atom. The minimum atomic E-state index is -0.425. The molecule has 1 saturated carbocycles. The summed E-state index contributed by atoms with van der Waals surface area (Å²) >= 11 is 0. The van der Waals surface area contributed by atoms with E-state index in [-0.39, 0.29) is 11.8 Å². The summed E-state index contributed by atoms with van der Waals surface area (Å²) in [4.78, 5) is 32.1. The molecule has 32 heavy (non-hydrogen) atoms. The van der Waals surface area contributed by atoms with Crippen molar-refractivity contribution in [2.24, 2.45) is 7.05 Å². The maximum absolute atomic E-state index is 13.3. The molecule has 1 spiro atoms. The summed E-state index contributed by atoms with van der Waals surface area (Å²) in [6.45, 7) is 4.19. The molecule has 1 aliphatic heterocycles. The fourth-order valence-electron chi connectivity index (χ4n) is 4.80. The molecule has 1 aliphatic carbocycles. The van der Waals surface area contributed by atoms with Crippen LogP contribution in [0.4, 0.5) is 0 Å². The van der Waals surface area contributed by atoms with E-state index >= 15 is 0 Å². The first-order valence-corrected chi connectivity index (χ1v) is 11.3. The van der Waals surface area contributed by atoms with Gasteiger partial charge in [0, 0.05) is 38.8 Å². The van der Waals surface area contributed by atoms with Gasteiger partial charge in [-0.2, -0.15) is 0 Å². The van der Waals surface area contributed by atoms with E-state index in [0.717, 1.165) is 47.0 Å². The number of carbonyl (C=O) groups is 2. The molecule has 5 rings (SSSR count). The van der Waals surface area contributed by atoms with Gasteiger partial charge in [0.25, 0.3) is 5.91 Å². The molecule has 7 nitrogen and oxygen atoms in total. The van der Waals surface area contributed by atoms with Crippen LogP contribution in [-0.2, 0) is 11.8 Å². The summed E-state index contributed by atoms with van der Waals surface area (Å²) in [5, 5.41) is 6.42. The lowest BCUT2D eigenvalue weighted by Crippen LogP contribution is -2.61. The maximum Gasteiger partial charge on any atom is 0.254 e. The Morgan fingerprint density at radius 2 is 1.81 bits per heavy atom. The summed E-state index contributed by atoms with van der Waals surface area (Å²) < 4.78 is 2.00. The zero-order valence-corrected chi connectivity index (χ0v) is 18.6. The SMILES string of the molecule is Cc1cc(-c2ccc3c(c2)ncn3C)ccc1C(=O)N1CCNC(=O)C2(CCC2)NCC1. The second-order valence-corrected chi connectivity index (χ2v) is 9.00. The van der Waals surface area contributed by atoms with Gasteiger partial charge in [0.1, 0.15) is 0 Å². The van der Waals surface area contributed by atoms with E-state index in [9.17, 15) is 9.59 Å². The molecule has 0 atom stereocenters. The molecule has 2 N–H and O–H groups in total. The standard InChI is InChI=1S/C25H29N5O2/c1-17-14-18(19-5-7-22-21(15-19)27-16-29(22)2)4-6-20(17)23(31)30-12-10-26-24(32)25(8-3-9-25)28-11-13-30/h4-7,14-16,28H,3,8-13H2,1-2H3,(H,26,32). The molecule has 7 heteroatoms. The summed E-state index contributed by atoms with van der Waals surface area (Å²) in [5.41, 5.74) is 5.42. The van der Waals surface area contributed by atoms with Crippen molar-refractivity contribution in [1.82, 2.24) is 25.1 Å². The number of aryl methyl sites for hydroxylation is 2. The van der Waals surface area contributed by atoms with Crippen LogP contribution in [0.25, 0.3) is 22.2 Å². The molecule has 166 valence electrons. The Hall–Kier alpha value is -3.19. The molecule has 0 bridgehead atoms. The highest BCUT2D eigenvalue weighted by atomic mass is 16.2. The molecule has 2 amide bonds. The molecular formula is C25H29N5O2. The lowest BCUT2D eigenvalue weighted by atomic mass is 9.76. The summed E-state index contributed by atoms with van der Waals surface area (Å²) in [6, 6.07) is 12.2. The molecule has 0 radical (unpaired) electrons. The average molecular weight is 432 g/mol. The van der Waals surface area contributed by atoms with Crippen molar-refractivity contribution >= 4 is 22.8 Å². The minimum absolute atomic E-state index is 0.00911. The van der Waals surface area contributed by atoms with Crippen LogP contribution < -0.4 is 10.6 Å². The van der Waals surface area contributed by atoms with Gasteiger partial charge in [0.15, 0.2) is 0 Å². The van der Waals surface area contributed by atoms with Crippen molar-refractivity contribution in [3.63, 3.8) is 0 Å². The Morgan fingerprint density at radius 3 is 2.56 bits per heavy atom. The predicted octanol–water partition coefficient (Wildman–Crippen LogP) is 2.63. The van der Waals surface area contributed by atoms with Crippen molar-refractivity contribution in [3.05, 3.63) is 53.9 Å². The first-order chi connectivity index (χ1) is 15.5. The van der Waals surface area contributed by atoms with Crippen LogP contribution in [0, 0.1) is 6.92 Å². The van der Waals surface area contributed by atoms with E-state index < -0.39 is 5.54 Å². The number of benzene rings is 2. The number of carbonyl (C=O) groups excluding carboxylic acids is 2. The van der Waals surface area contributed by atoms with Gasteiger partial charge in [-0.15, -0.1) is 0 Å². The zero-order valence-electron chi connectivity index (χ0n) is 18.6. The van der Waals surface area contributed by atoms with E-state index in [1.807, 2.05) is 41.9 Å². The van der Waals surface area contributed by atoms with Crippen LogP contribution in [0.1, 0.15) is 35.2 Å². The summed E-state index contributed by atoms with van der Waals surface area (Å²) in [6.07, 6.45) is 4.63. The maximum atomic E-state index is 13.3. The van der Waals surface area contributed by atoms with Gasteiger partial charge in [-0.3, -0.25) is 9.59 Å². The van der Waals surface area contributed by atoms with Gasteiger partial charge >= 0.3 is 0 Å². The van der Waals surface area contributed by atoms with Crippen LogP contribution in [0.2, 0.25) is 0 Å². The molecular weight excluding hydrogens is 402 g/mol. The monoisotopic (exact) mass is 431 g/mol. The number of nitrogens with zero attached hydrogens (tertiary/aromatic N) is 3. The molecule has 1 saturated heterocycles. The zero-order chi connectivity index (χ0) is 22.3. The highest BCUT2D eigenvalue weighted by Gasteiger charge is 2.43. The molecule has 0 unspecified atom stereocenters. The predicted molar refractivity (Wildman–Crippen MR) is 124 cm³/mol. The second kappa shape index (κ2) is 8.06. The van der Waals surface area contributed by atoms with E-state index in [2.05, 4.69) is 39.9 Å². The van der Waals surface area contributed by atoms with Gasteiger partial charge < -0.3 is 20.1 Å². The Labute approximate surface area is 187 Å². The van der Waals surface area contributed by atoms with Gasteiger partial charge in [-0.25, -0.2) is 4.98 Å². The third kappa shape index (κ3) is 3.56. The quantitative estimate of drug-likeness (QED) is 0.654. The number of hydrogen-bond donors (Lipinski definition) is 2. The third-order valence-electron chi connectivity index (χ3n) is 6.96. The number of hydrogen-bond acceptors (Lipinski definition) is 4. The first-order valence-electron chi connectivity index (χ1n) is 11.3. The number of imidazole rings is 1. The van der Waals surface area contributed by atoms with Crippen LogP contribution in [0.15, 0.2) is 42.7 Å². The Balaban J connectivity index is 1.34. The van der Waals surface area contributed by atoms with Crippen molar-refractivity contribution in [1.29, 1.82) is 0 Å². The van der Waals surface area contributed by atoms with Crippen molar-refractivity contribution < 1.29 is 9.59 Å². The van der Waals surface area contributed by atoms with Crippen molar-refractivity contribution in [2.45, 2.75) is 31.7 Å². The highest BCUT2D eigenvalue weighted by molar-refractivity contribution is 5.96. The number of fused-ring (bicyclic) bond motifs is 1. The van der Waals surface area contributed by atoms with Gasteiger partial charge in [0.2, 0.25) is 5.91 Å². The fourth-order valence-corrected chi connectivity index (χ4v) is 4.80. The van der Waals surface area contributed by atoms with E-state index in [1.54, 1.807) is 0 Å². The van der Waals surface area contributed by atoms with Gasteiger partial charge in [-0.05, 0) is 61.1 Å². The molecule has 2 aliphatic rings. The molecule has 3 aromatic rings. The summed E-state index contributed by atoms with van der Waals surface area (Å²) in [5.74, 6) is 0.0818. The molecule has 2 heterocycles. The van der Waals surface area contributed by atoms with E-state index in [1.165, 1.54) is 0 Å². The van der Waals surface area contributed by atoms with E-state index in [0.29, 0.717) is 31.7 Å². The average Bonchev–Trinajstić information content (AvgIpc) is 3.16. The first kappa shape index (κ1) is 20.7. The van der Waals surface area contributed by atoms with Crippen molar-refractivity contribution in [2.75, 3.05) is 26.2 Å². The van der Waals surface area contributed by atoms with Crippen LogP contribution in [-0.4, -0.2) is 58.0 Å². The van der Waals surface area contributed by atoms with Crippen LogP contribution in [0.5, 0.6) is 0 Å². The minimum Gasteiger partial charge on any atom is -0.353 e. The number of rotatable bonds is 2. The number of amides is 2. The topological polar surface area (TPSA) is 79.3 Å². The Bertz CT molecular complexity index is 1190. The number of aromatic nitrogens is 2.